The highest BCUT2D eigenvalue weighted by molar-refractivity contribution is 14.1. The van der Waals surface area contributed by atoms with Crippen LogP contribution in [-0.4, -0.2) is 20.6 Å². The van der Waals surface area contributed by atoms with Gasteiger partial charge in [-0.15, -0.1) is 0 Å². The standard InChI is InChI=1S/C18H14IN3O4/c1-11-8-12(19)4-5-14(11)20-15-10-16(21-6-2-3-7-21)17(22(25)26)9-13(15)18(23)24/h2-10,20H,1H3,(H,23,24). The van der Waals surface area contributed by atoms with Crippen molar-refractivity contribution in [2.75, 3.05) is 5.32 Å². The van der Waals surface area contributed by atoms with Gasteiger partial charge in [-0.3, -0.25) is 10.1 Å². The van der Waals surface area contributed by atoms with E-state index in [1.54, 1.807) is 29.1 Å². The van der Waals surface area contributed by atoms with Gasteiger partial charge >= 0.3 is 5.97 Å². The van der Waals surface area contributed by atoms with Gasteiger partial charge in [-0.2, -0.15) is 0 Å². The zero-order chi connectivity index (χ0) is 18.8. The Balaban J connectivity index is 2.18. The van der Waals surface area contributed by atoms with E-state index in [-0.39, 0.29) is 22.6 Å². The molecule has 7 nitrogen and oxygen atoms in total. The fraction of sp³-hybridized carbons (Fsp3) is 0.0556. The number of nitro benzene ring substituents is 1. The number of rotatable bonds is 5. The molecule has 0 aliphatic heterocycles. The first-order valence-electron chi connectivity index (χ1n) is 7.59. The summed E-state index contributed by atoms with van der Waals surface area (Å²) in [4.78, 5) is 22.5. The van der Waals surface area contributed by atoms with Crippen molar-refractivity contribution in [3.05, 3.63) is 79.7 Å². The predicted molar refractivity (Wildman–Crippen MR) is 107 cm³/mol. The Bertz CT molecular complexity index is 1000. The fourth-order valence-corrected chi connectivity index (χ4v) is 3.26. The Morgan fingerprint density at radius 3 is 2.46 bits per heavy atom. The Morgan fingerprint density at radius 2 is 1.88 bits per heavy atom. The number of aromatic nitrogens is 1. The van der Waals surface area contributed by atoms with Crippen LogP contribution in [-0.2, 0) is 0 Å². The smallest absolute Gasteiger partial charge is 0.338 e. The van der Waals surface area contributed by atoms with Gasteiger partial charge in [0.05, 0.1) is 16.2 Å². The van der Waals surface area contributed by atoms with Gasteiger partial charge in [0, 0.05) is 27.7 Å². The fourth-order valence-electron chi connectivity index (χ4n) is 2.62. The molecule has 3 rings (SSSR count). The predicted octanol–water partition coefficient (Wildman–Crippen LogP) is 4.74. The van der Waals surface area contributed by atoms with Gasteiger partial charge in [0.1, 0.15) is 5.69 Å². The topological polar surface area (TPSA) is 97.4 Å². The zero-order valence-corrected chi connectivity index (χ0v) is 15.8. The van der Waals surface area contributed by atoms with Gasteiger partial charge in [-0.25, -0.2) is 4.79 Å². The van der Waals surface area contributed by atoms with Crippen molar-refractivity contribution in [3.63, 3.8) is 0 Å². The molecule has 2 N–H and O–H groups in total. The van der Waals surface area contributed by atoms with E-state index >= 15 is 0 Å². The molecule has 1 aromatic heterocycles. The Hall–Kier alpha value is -2.88. The number of carbonyl (C=O) groups is 1. The van der Waals surface area contributed by atoms with Gasteiger partial charge in [0.25, 0.3) is 5.69 Å². The highest BCUT2D eigenvalue weighted by Gasteiger charge is 2.23. The number of halogens is 1. The van der Waals surface area contributed by atoms with E-state index in [2.05, 4.69) is 27.9 Å². The molecule has 8 heteroatoms. The van der Waals surface area contributed by atoms with Crippen molar-refractivity contribution in [3.8, 4) is 5.69 Å². The monoisotopic (exact) mass is 463 g/mol. The van der Waals surface area contributed by atoms with E-state index in [4.69, 9.17) is 0 Å². The van der Waals surface area contributed by atoms with Crippen molar-refractivity contribution < 1.29 is 14.8 Å². The van der Waals surface area contributed by atoms with Gasteiger partial charge in [0.15, 0.2) is 0 Å². The molecule has 0 amide bonds. The maximum atomic E-state index is 11.7. The summed E-state index contributed by atoms with van der Waals surface area (Å²) in [6.07, 6.45) is 3.34. The Labute approximate surface area is 162 Å². The Morgan fingerprint density at radius 1 is 1.19 bits per heavy atom. The molecule has 132 valence electrons. The summed E-state index contributed by atoms with van der Waals surface area (Å²) >= 11 is 2.19. The van der Waals surface area contributed by atoms with Crippen LogP contribution in [0.5, 0.6) is 0 Å². The molecule has 26 heavy (non-hydrogen) atoms. The average molecular weight is 463 g/mol. The van der Waals surface area contributed by atoms with Crippen LogP contribution in [0.25, 0.3) is 5.69 Å². The normalized spacial score (nSPS) is 10.5. The van der Waals surface area contributed by atoms with Gasteiger partial charge in [-0.05, 0) is 71.5 Å². The highest BCUT2D eigenvalue weighted by Crippen LogP contribution is 2.33. The lowest BCUT2D eigenvalue weighted by molar-refractivity contribution is -0.384. The van der Waals surface area contributed by atoms with Crippen LogP contribution in [0.15, 0.2) is 54.9 Å². The number of carboxylic acid groups (broad SMARTS) is 1. The largest absolute Gasteiger partial charge is 0.478 e. The summed E-state index contributed by atoms with van der Waals surface area (Å²) in [7, 11) is 0. The van der Waals surface area contributed by atoms with E-state index in [0.29, 0.717) is 0 Å². The number of aromatic carboxylic acids is 1. The molecule has 3 aromatic rings. The van der Waals surface area contributed by atoms with Crippen LogP contribution in [0, 0.1) is 20.6 Å². The van der Waals surface area contributed by atoms with Crippen molar-refractivity contribution in [1.82, 2.24) is 4.57 Å². The summed E-state index contributed by atoms with van der Waals surface area (Å²) in [5.74, 6) is -1.24. The molecule has 0 atom stereocenters. The minimum absolute atomic E-state index is 0.162. The molecule has 0 aliphatic rings. The molecular formula is C18H14IN3O4. The molecule has 0 aliphatic carbocycles. The third-order valence-corrected chi connectivity index (χ3v) is 4.55. The summed E-state index contributed by atoms with van der Waals surface area (Å²) in [6, 6.07) is 11.8. The van der Waals surface area contributed by atoms with E-state index in [9.17, 15) is 20.0 Å². The van der Waals surface area contributed by atoms with Crippen LogP contribution in [0.3, 0.4) is 0 Å². The summed E-state index contributed by atoms with van der Waals surface area (Å²) in [5.41, 5.74) is 1.81. The van der Waals surface area contributed by atoms with Crippen molar-refractivity contribution >= 4 is 45.6 Å². The third kappa shape index (κ3) is 3.54. The first kappa shape index (κ1) is 17.9. The van der Waals surface area contributed by atoms with E-state index in [1.807, 2.05) is 25.1 Å². The number of nitro groups is 1. The number of carboxylic acids is 1. The summed E-state index contributed by atoms with van der Waals surface area (Å²) in [6.45, 7) is 1.91. The SMILES string of the molecule is Cc1cc(I)ccc1Nc1cc(-n2cccc2)c([N+](=O)[O-])cc1C(=O)O. The number of nitrogens with one attached hydrogen (secondary N) is 1. The second-order valence-electron chi connectivity index (χ2n) is 5.62. The van der Waals surface area contributed by atoms with E-state index in [1.165, 1.54) is 6.07 Å². The summed E-state index contributed by atoms with van der Waals surface area (Å²) in [5, 5.41) is 24.0. The average Bonchev–Trinajstić information content (AvgIpc) is 3.11. The molecule has 0 radical (unpaired) electrons. The van der Waals surface area contributed by atoms with Gasteiger partial charge < -0.3 is 15.0 Å². The van der Waals surface area contributed by atoms with Gasteiger partial charge in [0.2, 0.25) is 0 Å². The molecule has 0 saturated carbocycles. The van der Waals surface area contributed by atoms with Crippen LogP contribution < -0.4 is 5.32 Å². The van der Waals surface area contributed by atoms with Gasteiger partial charge in [-0.1, -0.05) is 0 Å². The lowest BCUT2D eigenvalue weighted by Crippen LogP contribution is -2.08. The minimum Gasteiger partial charge on any atom is -0.478 e. The molecule has 0 unspecified atom stereocenters. The highest BCUT2D eigenvalue weighted by atomic mass is 127. The number of hydrogen-bond donors (Lipinski definition) is 2. The first-order chi connectivity index (χ1) is 12.4. The zero-order valence-electron chi connectivity index (χ0n) is 13.6. The van der Waals surface area contributed by atoms with Crippen molar-refractivity contribution in [2.45, 2.75) is 6.92 Å². The number of hydrogen-bond acceptors (Lipinski definition) is 4. The third-order valence-electron chi connectivity index (χ3n) is 3.88. The maximum absolute atomic E-state index is 11.7. The minimum atomic E-state index is -1.24. The van der Waals surface area contributed by atoms with Crippen LogP contribution in [0.4, 0.5) is 17.1 Å². The van der Waals surface area contributed by atoms with Crippen molar-refractivity contribution in [2.24, 2.45) is 0 Å². The number of aryl methyl sites for hydroxylation is 1. The second kappa shape index (κ2) is 7.16. The molecule has 0 bridgehead atoms. The maximum Gasteiger partial charge on any atom is 0.338 e. The summed E-state index contributed by atoms with van der Waals surface area (Å²) < 4.78 is 2.64. The lowest BCUT2D eigenvalue weighted by atomic mass is 10.1. The first-order valence-corrected chi connectivity index (χ1v) is 8.67. The van der Waals surface area contributed by atoms with Crippen LogP contribution >= 0.6 is 22.6 Å². The Kier molecular flexibility index (Phi) is 4.94. The van der Waals surface area contributed by atoms with E-state index in [0.717, 1.165) is 20.9 Å². The molecule has 0 fully saturated rings. The van der Waals surface area contributed by atoms with Crippen LogP contribution in [0.1, 0.15) is 15.9 Å². The van der Waals surface area contributed by atoms with Crippen molar-refractivity contribution in [1.29, 1.82) is 0 Å². The molecule has 0 spiro atoms. The quantitative estimate of drug-likeness (QED) is 0.324. The lowest BCUT2D eigenvalue weighted by Gasteiger charge is -2.15. The number of benzene rings is 2. The molecule has 1 heterocycles. The molecule has 0 saturated heterocycles. The van der Waals surface area contributed by atoms with E-state index < -0.39 is 10.9 Å². The number of anilines is 2. The number of nitrogens with zero attached hydrogens (tertiary/aromatic N) is 2. The molecule has 2 aromatic carbocycles. The van der Waals surface area contributed by atoms with Crippen LogP contribution in [0.2, 0.25) is 0 Å². The molecular weight excluding hydrogens is 449 g/mol. The second-order valence-corrected chi connectivity index (χ2v) is 6.87.